The molecule has 6 heteroatoms. The molecule has 0 bridgehead atoms. The Morgan fingerprint density at radius 1 is 1.37 bits per heavy atom. The highest BCUT2D eigenvalue weighted by atomic mass is 16.4. The van der Waals surface area contributed by atoms with Crippen LogP contribution >= 0.6 is 0 Å². The van der Waals surface area contributed by atoms with Crippen molar-refractivity contribution in [2.75, 3.05) is 0 Å². The molecule has 19 heavy (non-hydrogen) atoms. The maximum Gasteiger partial charge on any atom is 0.352 e. The van der Waals surface area contributed by atoms with Crippen molar-refractivity contribution in [3.63, 3.8) is 0 Å². The standard InChI is InChI=1S/C13H15N3O3/c1-4-10-12(7-15(3)14-10)16-6-9(8(2)17)5-11(16)13(18)19/h5-7H,4H2,1-3H3,(H,18,19). The maximum atomic E-state index is 11.4. The lowest BCUT2D eigenvalue weighted by molar-refractivity contribution is 0.0688. The summed E-state index contributed by atoms with van der Waals surface area (Å²) >= 11 is 0. The van der Waals surface area contributed by atoms with E-state index in [1.54, 1.807) is 24.1 Å². The van der Waals surface area contributed by atoms with Crippen LogP contribution in [0, 0.1) is 0 Å². The van der Waals surface area contributed by atoms with E-state index in [0.29, 0.717) is 17.7 Å². The molecular formula is C13H15N3O3. The molecule has 6 nitrogen and oxygen atoms in total. The zero-order valence-electron chi connectivity index (χ0n) is 11.0. The van der Waals surface area contributed by atoms with E-state index in [4.69, 9.17) is 0 Å². The zero-order chi connectivity index (χ0) is 14.2. The molecule has 2 aromatic heterocycles. The summed E-state index contributed by atoms with van der Waals surface area (Å²) in [6, 6.07) is 1.39. The minimum Gasteiger partial charge on any atom is -0.477 e. The molecule has 0 amide bonds. The largest absolute Gasteiger partial charge is 0.477 e. The van der Waals surface area contributed by atoms with Gasteiger partial charge in [0.1, 0.15) is 5.69 Å². The van der Waals surface area contributed by atoms with Gasteiger partial charge in [-0.05, 0) is 19.4 Å². The predicted molar refractivity (Wildman–Crippen MR) is 68.9 cm³/mol. The Labute approximate surface area is 110 Å². The van der Waals surface area contributed by atoms with Crippen LogP contribution < -0.4 is 0 Å². The molecule has 0 aromatic carbocycles. The average Bonchev–Trinajstić information content (AvgIpc) is 2.91. The third-order valence-corrected chi connectivity index (χ3v) is 2.92. The number of carbonyl (C=O) groups excluding carboxylic acids is 1. The first-order chi connectivity index (χ1) is 8.93. The van der Waals surface area contributed by atoms with E-state index < -0.39 is 5.97 Å². The Kier molecular flexibility index (Phi) is 3.25. The number of Topliss-reactive ketones (excluding diaryl/α,β-unsaturated/α-hetero) is 1. The van der Waals surface area contributed by atoms with Crippen LogP contribution in [0.3, 0.4) is 0 Å². The van der Waals surface area contributed by atoms with Crippen LogP contribution in [-0.4, -0.2) is 31.2 Å². The normalized spacial score (nSPS) is 10.7. The van der Waals surface area contributed by atoms with Gasteiger partial charge >= 0.3 is 5.97 Å². The summed E-state index contributed by atoms with van der Waals surface area (Å²) in [4.78, 5) is 22.7. The van der Waals surface area contributed by atoms with Crippen molar-refractivity contribution in [2.24, 2.45) is 7.05 Å². The molecule has 0 radical (unpaired) electrons. The van der Waals surface area contributed by atoms with Gasteiger partial charge in [0.05, 0.1) is 11.4 Å². The molecule has 0 fully saturated rings. The molecule has 0 aliphatic heterocycles. The average molecular weight is 261 g/mol. The Bertz CT molecular complexity index is 652. The minimum absolute atomic E-state index is 0.0629. The monoisotopic (exact) mass is 261 g/mol. The molecule has 0 saturated carbocycles. The second-order valence-corrected chi connectivity index (χ2v) is 4.33. The lowest BCUT2D eigenvalue weighted by atomic mass is 10.2. The van der Waals surface area contributed by atoms with Crippen LogP contribution in [-0.2, 0) is 13.5 Å². The maximum absolute atomic E-state index is 11.4. The Morgan fingerprint density at radius 3 is 2.58 bits per heavy atom. The van der Waals surface area contributed by atoms with Gasteiger partial charge in [-0.1, -0.05) is 6.92 Å². The van der Waals surface area contributed by atoms with E-state index in [1.165, 1.54) is 17.6 Å². The topological polar surface area (TPSA) is 77.1 Å². The quantitative estimate of drug-likeness (QED) is 0.849. The van der Waals surface area contributed by atoms with E-state index >= 15 is 0 Å². The van der Waals surface area contributed by atoms with Crippen molar-refractivity contribution in [3.8, 4) is 5.69 Å². The lowest BCUT2D eigenvalue weighted by Crippen LogP contribution is -2.06. The van der Waals surface area contributed by atoms with Crippen LogP contribution in [0.15, 0.2) is 18.5 Å². The van der Waals surface area contributed by atoms with Gasteiger partial charge in [-0.3, -0.25) is 9.48 Å². The molecule has 1 N–H and O–H groups in total. The van der Waals surface area contributed by atoms with Gasteiger partial charge in [0.15, 0.2) is 5.78 Å². The van der Waals surface area contributed by atoms with E-state index in [1.807, 2.05) is 6.92 Å². The van der Waals surface area contributed by atoms with E-state index in [-0.39, 0.29) is 11.5 Å². The van der Waals surface area contributed by atoms with Crippen molar-refractivity contribution in [2.45, 2.75) is 20.3 Å². The van der Waals surface area contributed by atoms with Crippen molar-refractivity contribution in [1.82, 2.24) is 14.3 Å². The third-order valence-electron chi connectivity index (χ3n) is 2.92. The number of hydrogen-bond acceptors (Lipinski definition) is 3. The number of hydrogen-bond donors (Lipinski definition) is 1. The second-order valence-electron chi connectivity index (χ2n) is 4.33. The molecule has 0 atom stereocenters. The molecule has 2 rings (SSSR count). The number of aromatic carboxylic acids is 1. The summed E-state index contributed by atoms with van der Waals surface area (Å²) in [5.74, 6) is -1.23. The molecule has 100 valence electrons. The van der Waals surface area contributed by atoms with Gasteiger partial charge in [-0.15, -0.1) is 0 Å². The number of carbonyl (C=O) groups is 2. The van der Waals surface area contributed by atoms with E-state index in [0.717, 1.165) is 5.69 Å². The van der Waals surface area contributed by atoms with Crippen molar-refractivity contribution in [3.05, 3.63) is 35.4 Å². The second kappa shape index (κ2) is 4.72. The molecule has 2 heterocycles. The smallest absolute Gasteiger partial charge is 0.352 e. The summed E-state index contributed by atoms with van der Waals surface area (Å²) in [7, 11) is 1.78. The lowest BCUT2D eigenvalue weighted by Gasteiger charge is -2.04. The zero-order valence-corrected chi connectivity index (χ0v) is 11.0. The molecule has 0 aliphatic carbocycles. The van der Waals surface area contributed by atoms with Gasteiger partial charge in [0.2, 0.25) is 0 Å². The molecule has 2 aromatic rings. The van der Waals surface area contributed by atoms with E-state index in [9.17, 15) is 14.7 Å². The molecular weight excluding hydrogens is 246 g/mol. The summed E-state index contributed by atoms with van der Waals surface area (Å²) in [5, 5.41) is 13.5. The fourth-order valence-electron chi connectivity index (χ4n) is 1.99. The highest BCUT2D eigenvalue weighted by Gasteiger charge is 2.18. The Balaban J connectivity index is 2.66. The van der Waals surface area contributed by atoms with Crippen LogP contribution in [0.25, 0.3) is 5.69 Å². The summed E-state index contributed by atoms with van der Waals surface area (Å²) in [6.45, 7) is 3.36. The number of nitrogens with zero attached hydrogens (tertiary/aromatic N) is 3. The van der Waals surface area contributed by atoms with Gasteiger partial charge in [-0.2, -0.15) is 5.10 Å². The molecule has 0 aliphatic rings. The number of carboxylic acid groups (broad SMARTS) is 1. The van der Waals surface area contributed by atoms with Crippen molar-refractivity contribution in [1.29, 1.82) is 0 Å². The van der Waals surface area contributed by atoms with Crippen LogP contribution in [0.2, 0.25) is 0 Å². The fourth-order valence-corrected chi connectivity index (χ4v) is 1.99. The summed E-state index contributed by atoms with van der Waals surface area (Å²) < 4.78 is 3.14. The number of aromatic nitrogens is 3. The van der Waals surface area contributed by atoms with Crippen molar-refractivity contribution >= 4 is 11.8 Å². The molecule has 0 saturated heterocycles. The molecule has 0 spiro atoms. The molecule has 0 unspecified atom stereocenters. The Morgan fingerprint density at radius 2 is 2.05 bits per heavy atom. The van der Waals surface area contributed by atoms with Crippen LogP contribution in [0.1, 0.15) is 40.4 Å². The number of aryl methyl sites for hydroxylation is 2. The first kappa shape index (κ1) is 13.1. The number of rotatable bonds is 4. The van der Waals surface area contributed by atoms with Gasteiger partial charge in [0, 0.05) is 25.0 Å². The van der Waals surface area contributed by atoms with Crippen molar-refractivity contribution < 1.29 is 14.7 Å². The first-order valence-electron chi connectivity index (χ1n) is 5.93. The van der Waals surface area contributed by atoms with Gasteiger partial charge in [-0.25, -0.2) is 4.79 Å². The van der Waals surface area contributed by atoms with Gasteiger partial charge < -0.3 is 9.67 Å². The minimum atomic E-state index is -1.07. The summed E-state index contributed by atoms with van der Waals surface area (Å²) in [6.07, 6.45) is 3.97. The SMILES string of the molecule is CCc1nn(C)cc1-n1cc(C(C)=O)cc1C(=O)O. The highest BCUT2D eigenvalue weighted by molar-refractivity contribution is 5.97. The van der Waals surface area contributed by atoms with Crippen LogP contribution in [0.4, 0.5) is 0 Å². The van der Waals surface area contributed by atoms with Crippen LogP contribution in [0.5, 0.6) is 0 Å². The number of carboxylic acids is 1. The predicted octanol–water partition coefficient (Wildman–Crippen LogP) is 1.67. The van der Waals surface area contributed by atoms with Gasteiger partial charge in [0.25, 0.3) is 0 Å². The first-order valence-corrected chi connectivity index (χ1v) is 5.93. The number of ketones is 1. The summed E-state index contributed by atoms with van der Waals surface area (Å²) in [5.41, 5.74) is 1.92. The van der Waals surface area contributed by atoms with E-state index in [2.05, 4.69) is 5.10 Å². The fraction of sp³-hybridized carbons (Fsp3) is 0.308. The third kappa shape index (κ3) is 2.29. The highest BCUT2D eigenvalue weighted by Crippen LogP contribution is 2.20. The Hall–Kier alpha value is -2.37.